The Hall–Kier alpha value is -2.80. The lowest BCUT2D eigenvalue weighted by Gasteiger charge is -2.04. The zero-order chi connectivity index (χ0) is 13.8. The molecule has 0 atom stereocenters. The average molecular weight is 266 g/mol. The highest BCUT2D eigenvalue weighted by Crippen LogP contribution is 2.33. The third-order valence-electron chi connectivity index (χ3n) is 4.26. The van der Waals surface area contributed by atoms with Crippen molar-refractivity contribution in [3.05, 3.63) is 72.8 Å². The third kappa shape index (κ3) is 1.46. The van der Waals surface area contributed by atoms with E-state index in [0.29, 0.717) is 0 Å². The maximum atomic E-state index is 3.49. The standard InChI is InChI=1S/C20H12N/c1-2-6-14-12-17-15(11-13(14)5-1)9-10-19-20(17)16-7-3-4-8-18(16)21-19/h1-6,8-12,21H. The number of nitrogens with one attached hydrogen (secondary N) is 1. The second-order valence-corrected chi connectivity index (χ2v) is 5.49. The lowest BCUT2D eigenvalue weighted by Crippen LogP contribution is -1.78. The van der Waals surface area contributed by atoms with E-state index in [9.17, 15) is 0 Å². The van der Waals surface area contributed by atoms with Crippen LogP contribution in [0, 0.1) is 6.07 Å². The van der Waals surface area contributed by atoms with Crippen molar-refractivity contribution < 1.29 is 0 Å². The molecule has 1 heterocycles. The Balaban J connectivity index is 2.09. The molecule has 0 saturated heterocycles. The smallest absolute Gasteiger partial charge is 0.0471 e. The summed E-state index contributed by atoms with van der Waals surface area (Å²) < 4.78 is 0. The highest BCUT2D eigenvalue weighted by atomic mass is 14.7. The Bertz CT molecular complexity index is 1130. The fourth-order valence-corrected chi connectivity index (χ4v) is 3.28. The molecule has 0 aliphatic carbocycles. The molecule has 5 aromatic rings. The molecule has 0 aliphatic heterocycles. The predicted octanol–water partition coefficient (Wildman–Crippen LogP) is 5.43. The van der Waals surface area contributed by atoms with Crippen LogP contribution in [0.15, 0.2) is 66.7 Å². The van der Waals surface area contributed by atoms with E-state index in [0.717, 1.165) is 5.52 Å². The van der Waals surface area contributed by atoms with Gasteiger partial charge in [0.15, 0.2) is 0 Å². The number of benzene rings is 4. The van der Waals surface area contributed by atoms with Crippen LogP contribution in [0.2, 0.25) is 0 Å². The topological polar surface area (TPSA) is 15.8 Å². The molecule has 1 aromatic heterocycles. The fraction of sp³-hybridized carbons (Fsp3) is 0. The van der Waals surface area contributed by atoms with Gasteiger partial charge in [0.2, 0.25) is 0 Å². The minimum atomic E-state index is 1.15. The second kappa shape index (κ2) is 3.86. The first-order valence-electron chi connectivity index (χ1n) is 7.14. The molecule has 0 fully saturated rings. The summed E-state index contributed by atoms with van der Waals surface area (Å²) in [5.74, 6) is 0. The number of fused-ring (bicyclic) bond motifs is 6. The van der Waals surface area contributed by atoms with Crippen molar-refractivity contribution in [1.82, 2.24) is 4.98 Å². The van der Waals surface area contributed by atoms with Crippen LogP contribution < -0.4 is 0 Å². The molecule has 1 N–H and O–H groups in total. The van der Waals surface area contributed by atoms with Crippen LogP contribution >= 0.6 is 0 Å². The lowest BCUT2D eigenvalue weighted by atomic mass is 9.99. The van der Waals surface area contributed by atoms with Crippen LogP contribution in [-0.4, -0.2) is 4.98 Å². The summed E-state index contributed by atoms with van der Waals surface area (Å²) >= 11 is 0. The average Bonchev–Trinajstić information content (AvgIpc) is 2.92. The Labute approximate surface area is 121 Å². The summed E-state index contributed by atoms with van der Waals surface area (Å²) in [5, 5.41) is 7.58. The van der Waals surface area contributed by atoms with Crippen molar-refractivity contribution in [2.45, 2.75) is 0 Å². The Morgan fingerprint density at radius 1 is 0.714 bits per heavy atom. The summed E-state index contributed by atoms with van der Waals surface area (Å²) in [4.78, 5) is 3.49. The minimum Gasteiger partial charge on any atom is -0.354 e. The van der Waals surface area contributed by atoms with Crippen LogP contribution in [0.3, 0.4) is 0 Å². The van der Waals surface area contributed by atoms with Gasteiger partial charge in [-0.25, -0.2) is 0 Å². The third-order valence-corrected chi connectivity index (χ3v) is 4.26. The molecule has 0 saturated carbocycles. The normalized spacial score (nSPS) is 11.8. The molecule has 0 bridgehead atoms. The summed E-state index contributed by atoms with van der Waals surface area (Å²) in [6.07, 6.45) is 0. The zero-order valence-corrected chi connectivity index (χ0v) is 11.4. The first-order valence-corrected chi connectivity index (χ1v) is 7.14. The zero-order valence-electron chi connectivity index (χ0n) is 11.4. The van der Waals surface area contributed by atoms with Crippen molar-refractivity contribution in [3.63, 3.8) is 0 Å². The predicted molar refractivity (Wildman–Crippen MR) is 89.7 cm³/mol. The van der Waals surface area contributed by atoms with Gasteiger partial charge in [-0.1, -0.05) is 42.5 Å². The van der Waals surface area contributed by atoms with Crippen LogP contribution in [0.1, 0.15) is 0 Å². The number of rotatable bonds is 0. The maximum absolute atomic E-state index is 3.49. The van der Waals surface area contributed by atoms with Crippen molar-refractivity contribution >= 4 is 43.4 Å². The monoisotopic (exact) mass is 266 g/mol. The van der Waals surface area contributed by atoms with Crippen LogP contribution in [-0.2, 0) is 0 Å². The van der Waals surface area contributed by atoms with Gasteiger partial charge in [0, 0.05) is 21.8 Å². The van der Waals surface area contributed by atoms with Gasteiger partial charge in [-0.3, -0.25) is 0 Å². The van der Waals surface area contributed by atoms with Gasteiger partial charge in [0.1, 0.15) is 0 Å². The first kappa shape index (κ1) is 10.9. The number of hydrogen-bond donors (Lipinski definition) is 1. The number of aromatic amines is 1. The summed E-state index contributed by atoms with van der Waals surface area (Å²) in [6, 6.07) is 26.9. The van der Waals surface area contributed by atoms with Gasteiger partial charge >= 0.3 is 0 Å². The molecule has 1 radical (unpaired) electrons. The van der Waals surface area contributed by atoms with E-state index in [1.807, 2.05) is 12.1 Å². The molecule has 1 nitrogen and oxygen atoms in total. The summed E-state index contributed by atoms with van der Waals surface area (Å²) in [7, 11) is 0. The van der Waals surface area contributed by atoms with E-state index in [2.05, 4.69) is 65.6 Å². The van der Waals surface area contributed by atoms with E-state index in [4.69, 9.17) is 0 Å². The largest absolute Gasteiger partial charge is 0.354 e. The van der Waals surface area contributed by atoms with Crippen molar-refractivity contribution in [1.29, 1.82) is 0 Å². The highest BCUT2D eigenvalue weighted by Gasteiger charge is 2.08. The van der Waals surface area contributed by atoms with E-state index in [1.54, 1.807) is 0 Å². The van der Waals surface area contributed by atoms with E-state index < -0.39 is 0 Å². The van der Waals surface area contributed by atoms with Crippen LogP contribution in [0.25, 0.3) is 43.4 Å². The molecule has 0 aliphatic rings. The molecule has 0 amide bonds. The molecule has 0 spiro atoms. The summed E-state index contributed by atoms with van der Waals surface area (Å²) in [6.45, 7) is 0. The van der Waals surface area contributed by atoms with E-state index in [-0.39, 0.29) is 0 Å². The van der Waals surface area contributed by atoms with Crippen LogP contribution in [0.4, 0.5) is 0 Å². The van der Waals surface area contributed by atoms with Gasteiger partial charge in [0.05, 0.1) is 0 Å². The van der Waals surface area contributed by atoms with E-state index >= 15 is 0 Å². The first-order chi connectivity index (χ1) is 10.4. The number of hydrogen-bond acceptors (Lipinski definition) is 0. The Morgan fingerprint density at radius 2 is 1.57 bits per heavy atom. The molecule has 21 heavy (non-hydrogen) atoms. The van der Waals surface area contributed by atoms with Crippen molar-refractivity contribution in [2.24, 2.45) is 0 Å². The molecular formula is C20H12N. The molecule has 4 aromatic carbocycles. The lowest BCUT2D eigenvalue weighted by molar-refractivity contribution is 1.55. The van der Waals surface area contributed by atoms with Crippen molar-refractivity contribution in [2.75, 3.05) is 0 Å². The summed E-state index contributed by atoms with van der Waals surface area (Å²) in [5.41, 5.74) is 2.32. The van der Waals surface area contributed by atoms with Gasteiger partial charge in [-0.05, 0) is 51.9 Å². The highest BCUT2D eigenvalue weighted by molar-refractivity contribution is 6.21. The Kier molecular flexibility index (Phi) is 2.01. The van der Waals surface area contributed by atoms with Gasteiger partial charge < -0.3 is 4.98 Å². The minimum absolute atomic E-state index is 1.15. The quantitative estimate of drug-likeness (QED) is 0.360. The fourth-order valence-electron chi connectivity index (χ4n) is 3.28. The van der Waals surface area contributed by atoms with Gasteiger partial charge in [0.25, 0.3) is 0 Å². The van der Waals surface area contributed by atoms with Crippen molar-refractivity contribution in [3.8, 4) is 0 Å². The second-order valence-electron chi connectivity index (χ2n) is 5.49. The van der Waals surface area contributed by atoms with E-state index in [1.165, 1.54) is 37.8 Å². The maximum Gasteiger partial charge on any atom is 0.0471 e. The SMILES string of the molecule is [c]1cccc2[nH]c3ccc4cc5ccccc5cc4c3c12. The molecule has 1 heteroatoms. The number of aromatic nitrogens is 1. The molecule has 0 unspecified atom stereocenters. The van der Waals surface area contributed by atoms with Gasteiger partial charge in [-0.2, -0.15) is 0 Å². The molecule has 5 rings (SSSR count). The number of H-pyrrole nitrogens is 1. The Morgan fingerprint density at radius 3 is 2.48 bits per heavy atom. The molecule has 97 valence electrons. The molecular weight excluding hydrogens is 254 g/mol. The van der Waals surface area contributed by atoms with Crippen LogP contribution in [0.5, 0.6) is 0 Å². The van der Waals surface area contributed by atoms with Gasteiger partial charge in [-0.15, -0.1) is 0 Å².